The smallest absolute Gasteiger partial charge is 0.191 e. The zero-order valence-corrected chi connectivity index (χ0v) is 19.4. The fraction of sp³-hybridized carbons (Fsp3) is 0.474. The first-order chi connectivity index (χ1) is 12.5. The van der Waals surface area contributed by atoms with Gasteiger partial charge in [0.25, 0.3) is 0 Å². The van der Waals surface area contributed by atoms with E-state index in [1.165, 1.54) is 22.7 Å². The van der Waals surface area contributed by atoms with Gasteiger partial charge < -0.3 is 15.4 Å². The standard InChI is InChI=1S/C19H27FN4OS.HI/c1-5-17-14(3)26-18(24-17)9-10-22-19(21-4)23-12-13(2)25-16-8-6-7-15(20)11-16;/h6-8,11,13H,5,9-10,12H2,1-4H3,(H2,21,22,23);1H. The Bertz CT molecular complexity index is 738. The number of thiazole rings is 1. The molecule has 0 bridgehead atoms. The fourth-order valence-electron chi connectivity index (χ4n) is 2.49. The molecular weight excluding hydrogens is 478 g/mol. The largest absolute Gasteiger partial charge is 0.489 e. The molecule has 0 radical (unpaired) electrons. The van der Waals surface area contributed by atoms with Gasteiger partial charge in [-0.3, -0.25) is 4.99 Å². The molecule has 150 valence electrons. The van der Waals surface area contributed by atoms with Gasteiger partial charge >= 0.3 is 0 Å². The average Bonchev–Trinajstić information content (AvgIpc) is 2.97. The van der Waals surface area contributed by atoms with Crippen LogP contribution in [0.25, 0.3) is 0 Å². The molecule has 0 aliphatic carbocycles. The number of halogens is 2. The summed E-state index contributed by atoms with van der Waals surface area (Å²) < 4.78 is 18.9. The van der Waals surface area contributed by atoms with Crippen molar-refractivity contribution in [3.63, 3.8) is 0 Å². The minimum Gasteiger partial charge on any atom is -0.489 e. The van der Waals surface area contributed by atoms with Gasteiger partial charge in [-0.05, 0) is 32.4 Å². The number of nitrogens with one attached hydrogen (secondary N) is 2. The average molecular weight is 506 g/mol. The van der Waals surface area contributed by atoms with Crippen molar-refractivity contribution in [3.05, 3.63) is 45.7 Å². The van der Waals surface area contributed by atoms with E-state index in [4.69, 9.17) is 4.74 Å². The van der Waals surface area contributed by atoms with E-state index < -0.39 is 0 Å². The van der Waals surface area contributed by atoms with Gasteiger partial charge in [0.15, 0.2) is 5.96 Å². The molecule has 2 N–H and O–H groups in total. The number of benzene rings is 1. The van der Waals surface area contributed by atoms with Gasteiger partial charge in [0.2, 0.25) is 0 Å². The molecule has 2 aromatic rings. The number of aromatic nitrogens is 1. The summed E-state index contributed by atoms with van der Waals surface area (Å²) >= 11 is 1.76. The molecule has 1 aromatic carbocycles. The summed E-state index contributed by atoms with van der Waals surface area (Å²) in [7, 11) is 1.73. The molecule has 5 nitrogen and oxygen atoms in total. The predicted molar refractivity (Wildman–Crippen MR) is 121 cm³/mol. The Morgan fingerprint density at radius 2 is 2.15 bits per heavy atom. The molecule has 0 fully saturated rings. The van der Waals surface area contributed by atoms with Crippen LogP contribution in [0.3, 0.4) is 0 Å². The summed E-state index contributed by atoms with van der Waals surface area (Å²) in [6.07, 6.45) is 1.72. The van der Waals surface area contributed by atoms with Crippen molar-refractivity contribution < 1.29 is 9.13 Å². The lowest BCUT2D eigenvalue weighted by Crippen LogP contribution is -2.42. The molecular formula is C19H28FIN4OS. The fourth-order valence-corrected chi connectivity index (χ4v) is 3.51. The molecule has 0 saturated carbocycles. The van der Waals surface area contributed by atoms with E-state index in [1.807, 2.05) is 6.92 Å². The maximum atomic E-state index is 13.2. The summed E-state index contributed by atoms with van der Waals surface area (Å²) in [5.74, 6) is 0.931. The van der Waals surface area contributed by atoms with Crippen molar-refractivity contribution in [1.82, 2.24) is 15.6 Å². The van der Waals surface area contributed by atoms with Crippen LogP contribution in [0.2, 0.25) is 0 Å². The molecule has 0 spiro atoms. The van der Waals surface area contributed by atoms with E-state index in [9.17, 15) is 4.39 Å². The molecule has 1 unspecified atom stereocenters. The topological polar surface area (TPSA) is 58.5 Å². The number of aliphatic imine (C=N–C) groups is 1. The summed E-state index contributed by atoms with van der Waals surface area (Å²) in [6.45, 7) is 7.49. The van der Waals surface area contributed by atoms with Gasteiger partial charge in [0.1, 0.15) is 17.7 Å². The molecule has 0 amide bonds. The molecule has 1 atom stereocenters. The Labute approximate surface area is 181 Å². The number of hydrogen-bond acceptors (Lipinski definition) is 4. The quantitative estimate of drug-likeness (QED) is 0.324. The summed E-state index contributed by atoms with van der Waals surface area (Å²) in [4.78, 5) is 10.2. The highest BCUT2D eigenvalue weighted by atomic mass is 127. The van der Waals surface area contributed by atoms with Crippen molar-refractivity contribution in [3.8, 4) is 5.75 Å². The van der Waals surface area contributed by atoms with Crippen LogP contribution >= 0.6 is 35.3 Å². The Morgan fingerprint density at radius 3 is 2.78 bits per heavy atom. The normalized spacial score (nSPS) is 12.3. The zero-order chi connectivity index (χ0) is 18.9. The van der Waals surface area contributed by atoms with Crippen LogP contribution in [0, 0.1) is 12.7 Å². The lowest BCUT2D eigenvalue weighted by molar-refractivity contribution is 0.223. The summed E-state index contributed by atoms with van der Waals surface area (Å²) in [5.41, 5.74) is 1.19. The molecule has 1 aromatic heterocycles. The predicted octanol–water partition coefficient (Wildman–Crippen LogP) is 3.95. The number of aryl methyl sites for hydroxylation is 2. The third-order valence-corrected chi connectivity index (χ3v) is 4.89. The van der Waals surface area contributed by atoms with E-state index in [2.05, 4.69) is 34.5 Å². The van der Waals surface area contributed by atoms with E-state index in [0.717, 1.165) is 24.4 Å². The van der Waals surface area contributed by atoms with E-state index >= 15 is 0 Å². The van der Waals surface area contributed by atoms with Crippen LogP contribution < -0.4 is 15.4 Å². The number of nitrogens with zero attached hydrogens (tertiary/aromatic N) is 2. The number of guanidine groups is 1. The van der Waals surface area contributed by atoms with Crippen LogP contribution in [0.4, 0.5) is 4.39 Å². The van der Waals surface area contributed by atoms with E-state index in [-0.39, 0.29) is 35.9 Å². The molecule has 8 heteroatoms. The first kappa shape index (κ1) is 23.6. The number of hydrogen-bond donors (Lipinski definition) is 2. The minimum atomic E-state index is -0.302. The maximum absolute atomic E-state index is 13.2. The van der Waals surface area contributed by atoms with Gasteiger partial charge in [0.05, 0.1) is 17.2 Å². The molecule has 27 heavy (non-hydrogen) atoms. The van der Waals surface area contributed by atoms with Crippen molar-refractivity contribution >= 4 is 41.3 Å². The van der Waals surface area contributed by atoms with Gasteiger partial charge in [-0.25, -0.2) is 9.37 Å². The first-order valence-electron chi connectivity index (χ1n) is 8.83. The van der Waals surface area contributed by atoms with Crippen LogP contribution in [0.1, 0.15) is 29.4 Å². The van der Waals surface area contributed by atoms with Crippen molar-refractivity contribution in [2.24, 2.45) is 4.99 Å². The lowest BCUT2D eigenvalue weighted by Gasteiger charge is -2.17. The Hall–Kier alpha value is -1.42. The van der Waals surface area contributed by atoms with Crippen LogP contribution in [-0.4, -0.2) is 37.2 Å². The van der Waals surface area contributed by atoms with Crippen LogP contribution in [-0.2, 0) is 12.8 Å². The van der Waals surface area contributed by atoms with Crippen molar-refractivity contribution in [2.45, 2.75) is 39.7 Å². The second kappa shape index (κ2) is 12.1. The lowest BCUT2D eigenvalue weighted by atomic mass is 10.3. The van der Waals surface area contributed by atoms with Crippen LogP contribution in [0.5, 0.6) is 5.75 Å². The number of ether oxygens (including phenoxy) is 1. The van der Waals surface area contributed by atoms with Gasteiger partial charge in [0, 0.05) is 31.0 Å². The highest BCUT2D eigenvalue weighted by molar-refractivity contribution is 14.0. The van der Waals surface area contributed by atoms with E-state index in [0.29, 0.717) is 18.3 Å². The third-order valence-electron chi connectivity index (χ3n) is 3.82. The second-order valence-electron chi connectivity index (χ2n) is 5.98. The van der Waals surface area contributed by atoms with Crippen molar-refractivity contribution in [1.29, 1.82) is 0 Å². The highest BCUT2D eigenvalue weighted by Crippen LogP contribution is 2.18. The van der Waals surface area contributed by atoms with E-state index in [1.54, 1.807) is 30.5 Å². The summed E-state index contributed by atoms with van der Waals surface area (Å²) in [6, 6.07) is 6.15. The van der Waals surface area contributed by atoms with Gasteiger partial charge in [-0.15, -0.1) is 35.3 Å². The Morgan fingerprint density at radius 1 is 1.37 bits per heavy atom. The minimum absolute atomic E-state index is 0. The molecule has 0 aliphatic rings. The first-order valence-corrected chi connectivity index (χ1v) is 9.65. The maximum Gasteiger partial charge on any atom is 0.191 e. The number of rotatable bonds is 8. The SMILES string of the molecule is CCc1nc(CCNC(=NC)NCC(C)Oc2cccc(F)c2)sc1C.I. The monoisotopic (exact) mass is 506 g/mol. The molecule has 0 saturated heterocycles. The zero-order valence-electron chi connectivity index (χ0n) is 16.2. The molecule has 2 rings (SSSR count). The molecule has 0 aliphatic heterocycles. The highest BCUT2D eigenvalue weighted by Gasteiger charge is 2.08. The Kier molecular flexibility index (Phi) is 10.6. The van der Waals surface area contributed by atoms with Gasteiger partial charge in [-0.1, -0.05) is 13.0 Å². The second-order valence-corrected chi connectivity index (χ2v) is 7.27. The molecule has 1 heterocycles. The van der Waals surface area contributed by atoms with Crippen LogP contribution in [0.15, 0.2) is 29.3 Å². The van der Waals surface area contributed by atoms with Crippen molar-refractivity contribution in [2.75, 3.05) is 20.1 Å². The van der Waals surface area contributed by atoms with Gasteiger partial charge in [-0.2, -0.15) is 0 Å². The summed E-state index contributed by atoms with van der Waals surface area (Å²) in [5, 5.41) is 7.65. The third kappa shape index (κ3) is 8.00. The Balaban J connectivity index is 0.00000364.